The van der Waals surface area contributed by atoms with E-state index in [2.05, 4.69) is 53.6 Å². The molecule has 4 heterocycles. The van der Waals surface area contributed by atoms with Gasteiger partial charge in [-0.2, -0.15) is 0 Å². The molecule has 0 radical (unpaired) electrons. The fourth-order valence-electron chi connectivity index (χ4n) is 18.0. The van der Waals surface area contributed by atoms with Crippen molar-refractivity contribution in [2.75, 3.05) is 210 Å². The topological polar surface area (TPSA) is 557 Å². The summed E-state index contributed by atoms with van der Waals surface area (Å²) in [6.07, 6.45) is -4.41. The Morgan fingerprint density at radius 1 is 0.573 bits per heavy atom. The van der Waals surface area contributed by atoms with Gasteiger partial charge in [0, 0.05) is 112 Å². The summed E-state index contributed by atoms with van der Waals surface area (Å²) in [6, 6.07) is 22.8. The van der Waals surface area contributed by atoms with Crippen LogP contribution in [0, 0.1) is 22.7 Å². The lowest BCUT2D eigenvalue weighted by Crippen LogP contribution is -2.61. The van der Waals surface area contributed by atoms with Gasteiger partial charge in [0.2, 0.25) is 53.5 Å². The molecule has 150 heavy (non-hydrogen) atoms. The Balaban J connectivity index is 0.734. The first-order chi connectivity index (χ1) is 72.0. The number of likely N-dealkylation sites (tertiary alicyclic amines) is 1. The largest absolute Gasteiger partial charge is 0.479 e. The highest BCUT2D eigenvalue weighted by molar-refractivity contribution is 6.02. The third kappa shape index (κ3) is 39.6. The summed E-state index contributed by atoms with van der Waals surface area (Å²) < 4.78 is 83.0. The number of piperidine rings is 1. The molecule has 3 fully saturated rings. The summed E-state index contributed by atoms with van der Waals surface area (Å²) in [5, 5.41) is 71.6. The van der Waals surface area contributed by atoms with Crippen molar-refractivity contribution in [3.05, 3.63) is 136 Å². The SMILES string of the molecule is CN[C@H](C(=O)N[C@H](C(=O)N(C)[C@H](/C=C(\C)C(=O)O)C(C)C)C(C)(C)C)C(C)(C)c1cccc(NC(=O)OCc2ccc(O[C@@H]3O[C@H](C(=O)O)[C@@H](O)[C@H](O)[C@H]3O)c(CNC(=O)CCNC(=O)[C@H](CNC(=O)CCOCCOCCOCCOCCOCCOCCOCCOCCOCCOCCOCCOC)NC(=O)C3CCC4(CC3)CCN(C(=O)CCCCC(=O)N3Cc5ccccc5C5=C(NNN5)c5ccccc53)CC4)c2)c1. The lowest BCUT2D eigenvalue weighted by Gasteiger charge is -2.45. The maximum Gasteiger partial charge on any atom is 0.411 e. The number of aliphatic hydroxyl groups is 3. The van der Waals surface area contributed by atoms with E-state index in [4.69, 9.17) is 71.1 Å². The Hall–Kier alpha value is -11.0. The van der Waals surface area contributed by atoms with Gasteiger partial charge >= 0.3 is 18.0 Å². The second-order valence-electron chi connectivity index (χ2n) is 39.5. The van der Waals surface area contributed by atoms with Crippen LogP contribution in [-0.2, 0) is 139 Å². The Kier molecular flexibility index (Phi) is 52.4. The lowest BCUT2D eigenvalue weighted by atomic mass is 9.65. The quantitative estimate of drug-likeness (QED) is 0.0206. The number of likely N-dealkylation sites (N-methyl/N-ethyl adjacent to an activating group) is 2. The van der Waals surface area contributed by atoms with E-state index >= 15 is 0 Å². The van der Waals surface area contributed by atoms with Crippen molar-refractivity contribution in [2.24, 2.45) is 22.7 Å². The third-order valence-corrected chi connectivity index (χ3v) is 26.8. The maximum atomic E-state index is 14.5. The number of nitrogens with zero attached hydrogens (tertiary/aromatic N) is 3. The Morgan fingerprint density at radius 3 is 1.65 bits per heavy atom. The molecule has 9 rings (SSSR count). The maximum absolute atomic E-state index is 14.5. The summed E-state index contributed by atoms with van der Waals surface area (Å²) in [4.78, 5) is 156. The smallest absolute Gasteiger partial charge is 0.411 e. The molecule has 1 saturated carbocycles. The van der Waals surface area contributed by atoms with Gasteiger partial charge in [-0.15, -0.1) is 5.53 Å². The number of nitrogens with one attached hydrogen (secondary N) is 10. The molecule has 2 saturated heterocycles. The molecule has 4 aromatic carbocycles. The molecule has 9 amide bonds. The number of hydrogen-bond acceptors (Lipinski definition) is 33. The number of fused-ring (bicyclic) bond motifs is 4. The van der Waals surface area contributed by atoms with Crippen molar-refractivity contribution in [3.63, 3.8) is 0 Å². The average molecular weight is 2110 g/mol. The number of aliphatic hydroxyl groups excluding tert-OH is 3. The highest BCUT2D eigenvalue weighted by Crippen LogP contribution is 2.47. The van der Waals surface area contributed by atoms with Crippen molar-refractivity contribution in [3.8, 4) is 5.75 Å². The van der Waals surface area contributed by atoms with Gasteiger partial charge in [-0.3, -0.25) is 43.7 Å². The van der Waals surface area contributed by atoms with Crippen molar-refractivity contribution in [1.29, 1.82) is 0 Å². The monoisotopic (exact) mass is 2110 g/mol. The predicted molar refractivity (Wildman–Crippen MR) is 551 cm³/mol. The molecule has 9 atom stereocenters. The van der Waals surface area contributed by atoms with Crippen molar-refractivity contribution >= 4 is 88.1 Å². The highest BCUT2D eigenvalue weighted by Gasteiger charge is 2.49. The number of carbonyl (C=O) groups excluding carboxylic acids is 9. The number of benzene rings is 4. The van der Waals surface area contributed by atoms with Crippen molar-refractivity contribution in [1.82, 2.24) is 58.1 Å². The zero-order valence-electron chi connectivity index (χ0n) is 88.5. The molecule has 44 nitrogen and oxygen atoms in total. The number of ether oxygens (including phenoxy) is 15. The van der Waals surface area contributed by atoms with Gasteiger partial charge in [0.05, 0.1) is 188 Å². The number of amides is 9. The van der Waals surface area contributed by atoms with Crippen LogP contribution in [0.25, 0.3) is 11.4 Å². The van der Waals surface area contributed by atoms with E-state index in [1.54, 1.807) is 45.5 Å². The number of hydrogen-bond donors (Lipinski definition) is 15. The van der Waals surface area contributed by atoms with Crippen LogP contribution >= 0.6 is 0 Å². The van der Waals surface area contributed by atoms with Crippen LogP contribution in [0.5, 0.6) is 5.75 Å². The van der Waals surface area contributed by atoms with E-state index in [1.807, 2.05) is 107 Å². The second kappa shape index (κ2) is 64.1. The van der Waals surface area contributed by atoms with Crippen LogP contribution < -0.4 is 63.2 Å². The molecule has 0 bridgehead atoms. The molecular formula is C106H159N13O31. The minimum absolute atomic E-state index is 0.00338. The molecule has 5 aliphatic rings. The summed E-state index contributed by atoms with van der Waals surface area (Å²) in [5.41, 5.74) is 14.3. The molecular weight excluding hydrogens is 1950 g/mol. The number of rotatable bonds is 67. The van der Waals surface area contributed by atoms with Crippen LogP contribution in [-0.4, -0.2) is 355 Å². The Bertz CT molecular complexity index is 4990. The van der Waals surface area contributed by atoms with Crippen LogP contribution in [0.1, 0.15) is 166 Å². The molecule has 4 aliphatic heterocycles. The fourth-order valence-corrected chi connectivity index (χ4v) is 18.0. The predicted octanol–water partition coefficient (Wildman–Crippen LogP) is 4.90. The van der Waals surface area contributed by atoms with Gasteiger partial charge < -0.3 is 154 Å². The van der Waals surface area contributed by atoms with Crippen LogP contribution in [0.4, 0.5) is 16.2 Å². The zero-order chi connectivity index (χ0) is 109. The number of hydrazine groups is 2. The van der Waals surface area contributed by atoms with Crippen molar-refractivity contribution < 1.29 is 149 Å². The normalized spacial score (nSPS) is 18.0. The molecule has 834 valence electrons. The molecule has 1 aliphatic carbocycles. The summed E-state index contributed by atoms with van der Waals surface area (Å²) in [7, 11) is 4.80. The van der Waals surface area contributed by atoms with E-state index in [0.717, 1.165) is 46.6 Å². The minimum Gasteiger partial charge on any atom is -0.479 e. The number of carboxylic acids is 2. The number of aliphatic carboxylic acids is 2. The first kappa shape index (κ1) is 123. The van der Waals surface area contributed by atoms with Crippen molar-refractivity contribution in [2.45, 2.75) is 212 Å². The number of anilines is 2. The molecule has 44 heteroatoms. The molecule has 1 spiro atoms. The molecule has 0 aromatic heterocycles. The van der Waals surface area contributed by atoms with Gasteiger partial charge in [0.1, 0.15) is 42.8 Å². The van der Waals surface area contributed by atoms with Gasteiger partial charge in [0.25, 0.3) is 0 Å². The van der Waals surface area contributed by atoms with E-state index in [9.17, 15) is 78.3 Å². The molecule has 0 unspecified atom stereocenters. The van der Waals surface area contributed by atoms with Gasteiger partial charge in [-0.25, -0.2) is 14.4 Å². The average Bonchev–Trinajstić information content (AvgIpc) is 1.61. The standard InChI is InChI=1S/C106H159N13O31/c1-70(2)82(63-71(3)100(131)132)117(10)99(130)95(104(4,5)6)113-98(129)94(107-9)105(7,8)76-20-18-21-77(65-76)111-103(135)148-69-72-27-28-83(149-102-92(126)90(124)91(125)93(150-102)101(133)134)75(64-72)66-109-84(120)31-37-108-97(128)80(67-110-85(121)32-40-137-43-44-139-47-48-141-51-52-143-55-56-145-59-60-147-62-61-146-58-57-144-54-53-142-50-49-140-46-45-138-42-41-136-11)112-96(127)73-29-33-106(34-30-73)35-38-118(39-36-106)86(122)25-16-17-26-87(123)119-68-74-19-12-13-22-78(74)88-89(115-116-114-88)79-23-14-15-24-81(79)119/h12-15,18-24,27-28,63-65,70,73,80,82,90-95,102,107,114-116,124-126H,16-17,25-26,29-62,66-69H2,1-11H3,(H,108,128)(H,109,120)(H,110,121)(H,111,135)(H,112,127)(H,113,129)(H,131,132)(H,133,134)/b71-63+/t80-,82+,90-,91-,92+,93-,94+,95+,102+/m0/s1. The van der Waals surface area contributed by atoms with Crippen LogP contribution in [0.15, 0.2) is 103 Å². The van der Waals surface area contributed by atoms with Crippen LogP contribution in [0.3, 0.4) is 0 Å². The van der Waals surface area contributed by atoms with Gasteiger partial charge in [-0.05, 0) is 129 Å². The lowest BCUT2D eigenvalue weighted by molar-refractivity contribution is -0.271. The van der Waals surface area contributed by atoms with Gasteiger partial charge in [-0.1, -0.05) is 115 Å². The first-order valence-electron chi connectivity index (χ1n) is 51.7. The molecule has 4 aromatic rings. The van der Waals surface area contributed by atoms with E-state index < -0.39 is 132 Å². The van der Waals surface area contributed by atoms with E-state index in [-0.39, 0.29) is 111 Å². The number of methoxy groups -OCH3 is 1. The fraction of sp³-hybridized carbons (Fsp3) is 0.632. The molecule has 15 N–H and O–H groups in total. The second-order valence-corrected chi connectivity index (χ2v) is 39.5. The third-order valence-electron chi connectivity index (χ3n) is 26.8. The minimum atomic E-state index is -2.05. The summed E-state index contributed by atoms with van der Waals surface area (Å²) >= 11 is 0. The van der Waals surface area contributed by atoms with E-state index in [1.165, 1.54) is 36.1 Å². The van der Waals surface area contributed by atoms with Crippen LogP contribution in [0.2, 0.25) is 0 Å². The summed E-state index contributed by atoms with van der Waals surface area (Å²) in [5.74, 6) is -6.81. The van der Waals surface area contributed by atoms with Gasteiger partial charge in [0.15, 0.2) is 6.10 Å². The number of carboxylic acid groups (broad SMARTS) is 2. The zero-order valence-corrected chi connectivity index (χ0v) is 88.5. The Labute approximate surface area is 877 Å². The summed E-state index contributed by atoms with van der Waals surface area (Å²) in [6.45, 7) is 23.2. The first-order valence-corrected chi connectivity index (χ1v) is 51.7. The number of carbonyl (C=O) groups is 11. The van der Waals surface area contributed by atoms with E-state index in [0.29, 0.717) is 201 Å². The number of unbranched alkanes of at least 4 members (excludes halogenated alkanes) is 1. The highest BCUT2D eigenvalue weighted by atomic mass is 16.7. The Morgan fingerprint density at radius 2 is 1.11 bits per heavy atom. The number of para-hydroxylation sites is 1.